The van der Waals surface area contributed by atoms with E-state index in [4.69, 9.17) is 0 Å². The summed E-state index contributed by atoms with van der Waals surface area (Å²) in [5.41, 5.74) is 1.07. The van der Waals surface area contributed by atoms with E-state index in [1.807, 2.05) is 11.7 Å². The van der Waals surface area contributed by atoms with Crippen molar-refractivity contribution >= 4 is 11.8 Å². The number of rotatable bonds is 3. The molecule has 0 bridgehead atoms. The van der Waals surface area contributed by atoms with Gasteiger partial charge in [0, 0.05) is 23.4 Å². The second-order valence-corrected chi connectivity index (χ2v) is 5.18. The van der Waals surface area contributed by atoms with Gasteiger partial charge in [0.1, 0.15) is 5.82 Å². The highest BCUT2D eigenvalue weighted by Crippen LogP contribution is 2.22. The lowest BCUT2D eigenvalue weighted by molar-refractivity contribution is 0.655. The molecule has 4 heteroatoms. The molecule has 0 N–H and O–H groups in total. The van der Waals surface area contributed by atoms with Gasteiger partial charge in [-0.15, -0.1) is 11.8 Å². The van der Waals surface area contributed by atoms with Crippen LogP contribution in [0.15, 0.2) is 29.2 Å². The van der Waals surface area contributed by atoms with Gasteiger partial charge in [-0.05, 0) is 18.4 Å². The summed E-state index contributed by atoms with van der Waals surface area (Å²) in [6.45, 7) is 4.26. The monoisotopic (exact) mass is 247 g/mol. The third-order valence-electron chi connectivity index (χ3n) is 2.66. The highest BCUT2D eigenvalue weighted by molar-refractivity contribution is 7.98. The van der Waals surface area contributed by atoms with Crippen molar-refractivity contribution in [2.75, 3.05) is 6.26 Å². The van der Waals surface area contributed by atoms with Crippen LogP contribution in [0, 0.1) is 0 Å². The number of aromatic nitrogens is 3. The van der Waals surface area contributed by atoms with E-state index in [-0.39, 0.29) is 0 Å². The van der Waals surface area contributed by atoms with Crippen LogP contribution in [0.1, 0.15) is 25.6 Å². The maximum Gasteiger partial charge on any atom is 0.181 e. The molecule has 1 aromatic carbocycles. The largest absolute Gasteiger partial charge is 0.252 e. The Morgan fingerprint density at radius 3 is 2.29 bits per heavy atom. The topological polar surface area (TPSA) is 30.7 Å². The first-order valence-corrected chi connectivity index (χ1v) is 6.89. The van der Waals surface area contributed by atoms with Gasteiger partial charge in [-0.1, -0.05) is 26.0 Å². The van der Waals surface area contributed by atoms with Crippen LogP contribution in [0.2, 0.25) is 0 Å². The Morgan fingerprint density at radius 1 is 1.18 bits per heavy atom. The van der Waals surface area contributed by atoms with E-state index in [0.29, 0.717) is 5.92 Å². The molecule has 0 amide bonds. The van der Waals surface area contributed by atoms with Gasteiger partial charge in [0.2, 0.25) is 0 Å². The van der Waals surface area contributed by atoms with Crippen LogP contribution >= 0.6 is 11.8 Å². The number of benzene rings is 1. The lowest BCUT2D eigenvalue weighted by Crippen LogP contribution is -2.00. The maximum atomic E-state index is 4.58. The van der Waals surface area contributed by atoms with Crippen molar-refractivity contribution in [1.29, 1.82) is 0 Å². The fraction of sp³-hybridized carbons (Fsp3) is 0.385. The van der Waals surface area contributed by atoms with Crippen molar-refractivity contribution in [3.63, 3.8) is 0 Å². The second kappa shape index (κ2) is 4.92. The zero-order valence-electron chi connectivity index (χ0n) is 10.6. The summed E-state index contributed by atoms with van der Waals surface area (Å²) in [5, 5.41) is 4.46. The van der Waals surface area contributed by atoms with Gasteiger partial charge in [0.15, 0.2) is 5.82 Å². The quantitative estimate of drug-likeness (QED) is 0.779. The average molecular weight is 247 g/mol. The Labute approximate surface area is 106 Å². The number of hydrogen-bond acceptors (Lipinski definition) is 3. The van der Waals surface area contributed by atoms with Crippen LogP contribution in [0.4, 0.5) is 0 Å². The Morgan fingerprint density at radius 2 is 1.82 bits per heavy atom. The summed E-state index contributed by atoms with van der Waals surface area (Å²) in [6, 6.07) is 8.35. The molecule has 0 unspecified atom stereocenters. The van der Waals surface area contributed by atoms with Crippen LogP contribution < -0.4 is 0 Å². The summed E-state index contributed by atoms with van der Waals surface area (Å²) in [5.74, 6) is 2.23. The Hall–Kier alpha value is -1.29. The van der Waals surface area contributed by atoms with Crippen molar-refractivity contribution in [3.8, 4) is 11.4 Å². The summed E-state index contributed by atoms with van der Waals surface area (Å²) in [4.78, 5) is 5.84. The predicted octanol–water partition coefficient (Wildman–Crippen LogP) is 3.33. The summed E-state index contributed by atoms with van der Waals surface area (Å²) >= 11 is 1.74. The van der Waals surface area contributed by atoms with E-state index in [2.05, 4.69) is 54.5 Å². The molecule has 0 saturated heterocycles. The molecule has 0 atom stereocenters. The molecule has 1 aromatic heterocycles. The number of nitrogens with zero attached hydrogens (tertiary/aromatic N) is 3. The first-order chi connectivity index (χ1) is 8.11. The number of thioether (sulfide) groups is 1. The van der Waals surface area contributed by atoms with Gasteiger partial charge in [-0.25, -0.2) is 4.98 Å². The molecular weight excluding hydrogens is 230 g/mol. The minimum Gasteiger partial charge on any atom is -0.252 e. The standard InChI is InChI=1S/C13H17N3S/c1-9(2)13-14-12(15-16(13)3)10-5-7-11(17-4)8-6-10/h5-9H,1-4H3. The van der Waals surface area contributed by atoms with Crippen molar-refractivity contribution in [2.45, 2.75) is 24.7 Å². The van der Waals surface area contributed by atoms with Crippen molar-refractivity contribution in [1.82, 2.24) is 14.8 Å². The minimum atomic E-state index is 0.395. The van der Waals surface area contributed by atoms with Gasteiger partial charge in [0.25, 0.3) is 0 Å². The van der Waals surface area contributed by atoms with Gasteiger partial charge >= 0.3 is 0 Å². The van der Waals surface area contributed by atoms with E-state index in [1.54, 1.807) is 11.8 Å². The molecule has 0 fully saturated rings. The maximum absolute atomic E-state index is 4.58. The van der Waals surface area contributed by atoms with Crippen molar-refractivity contribution < 1.29 is 0 Å². The molecule has 17 heavy (non-hydrogen) atoms. The molecular formula is C13H17N3S. The number of hydrogen-bond donors (Lipinski definition) is 0. The normalized spacial score (nSPS) is 11.1. The zero-order valence-corrected chi connectivity index (χ0v) is 11.5. The Bertz CT molecular complexity index is 500. The fourth-order valence-electron chi connectivity index (χ4n) is 1.76. The molecule has 0 saturated carbocycles. The minimum absolute atomic E-state index is 0.395. The van der Waals surface area contributed by atoms with Crippen molar-refractivity contribution in [2.24, 2.45) is 7.05 Å². The molecule has 3 nitrogen and oxygen atoms in total. The molecule has 2 aromatic rings. The van der Waals surface area contributed by atoms with Gasteiger partial charge < -0.3 is 0 Å². The van der Waals surface area contributed by atoms with Crippen LogP contribution in [-0.2, 0) is 7.05 Å². The van der Waals surface area contributed by atoms with E-state index >= 15 is 0 Å². The van der Waals surface area contributed by atoms with Crippen LogP contribution in [-0.4, -0.2) is 21.0 Å². The predicted molar refractivity (Wildman–Crippen MR) is 72.3 cm³/mol. The van der Waals surface area contributed by atoms with E-state index in [1.165, 1.54) is 4.90 Å². The first-order valence-electron chi connectivity index (χ1n) is 5.67. The summed E-state index contributed by atoms with van der Waals surface area (Å²) in [6.07, 6.45) is 2.07. The van der Waals surface area contributed by atoms with Crippen molar-refractivity contribution in [3.05, 3.63) is 30.1 Å². The smallest absolute Gasteiger partial charge is 0.181 e. The SMILES string of the molecule is CSc1ccc(-c2nc(C(C)C)n(C)n2)cc1. The first kappa shape index (κ1) is 12.2. The lowest BCUT2D eigenvalue weighted by atomic mass is 10.2. The highest BCUT2D eigenvalue weighted by atomic mass is 32.2. The van der Waals surface area contributed by atoms with Crippen LogP contribution in [0.5, 0.6) is 0 Å². The van der Waals surface area contributed by atoms with Gasteiger partial charge in [0.05, 0.1) is 0 Å². The average Bonchev–Trinajstić information content (AvgIpc) is 2.71. The fourth-order valence-corrected chi connectivity index (χ4v) is 2.17. The van der Waals surface area contributed by atoms with E-state index in [0.717, 1.165) is 17.2 Å². The Balaban J connectivity index is 2.36. The third-order valence-corrected chi connectivity index (χ3v) is 3.40. The molecule has 0 aliphatic carbocycles. The molecule has 2 rings (SSSR count). The summed E-state index contributed by atoms with van der Waals surface area (Å²) in [7, 11) is 1.95. The van der Waals surface area contributed by atoms with Crippen LogP contribution in [0.25, 0.3) is 11.4 Å². The molecule has 1 heterocycles. The van der Waals surface area contributed by atoms with Crippen LogP contribution in [0.3, 0.4) is 0 Å². The van der Waals surface area contributed by atoms with E-state index in [9.17, 15) is 0 Å². The molecule has 0 aliphatic rings. The Kier molecular flexibility index (Phi) is 3.52. The highest BCUT2D eigenvalue weighted by Gasteiger charge is 2.11. The van der Waals surface area contributed by atoms with Gasteiger partial charge in [-0.2, -0.15) is 5.10 Å². The molecule has 0 radical (unpaired) electrons. The van der Waals surface area contributed by atoms with E-state index < -0.39 is 0 Å². The second-order valence-electron chi connectivity index (χ2n) is 4.30. The lowest BCUT2D eigenvalue weighted by Gasteiger charge is -2.00. The summed E-state index contributed by atoms with van der Waals surface area (Å²) < 4.78 is 1.86. The number of aryl methyl sites for hydroxylation is 1. The third kappa shape index (κ3) is 2.52. The molecule has 0 aliphatic heterocycles. The van der Waals surface area contributed by atoms with Gasteiger partial charge in [-0.3, -0.25) is 4.68 Å². The molecule has 90 valence electrons. The zero-order chi connectivity index (χ0) is 12.4. The molecule has 0 spiro atoms.